The molecule has 0 bridgehead atoms. The second-order valence-corrected chi connectivity index (χ2v) is 5.75. The minimum absolute atomic E-state index is 0.407. The number of nitrogens with zero attached hydrogens (tertiary/aromatic N) is 3. The first kappa shape index (κ1) is 15.1. The summed E-state index contributed by atoms with van der Waals surface area (Å²) in [5.74, 6) is 1.76. The minimum atomic E-state index is 0.407. The summed E-state index contributed by atoms with van der Waals surface area (Å²) in [6.45, 7) is 5.72. The first-order chi connectivity index (χ1) is 10.8. The smallest absolute Gasteiger partial charge is 0.138 e. The molecule has 1 aromatic heterocycles. The molecule has 1 atom stereocenters. The van der Waals surface area contributed by atoms with Crippen molar-refractivity contribution in [3.8, 4) is 5.75 Å². The molecular weight excluding hydrogens is 300 g/mol. The van der Waals surface area contributed by atoms with Gasteiger partial charge in [0, 0.05) is 19.0 Å². The van der Waals surface area contributed by atoms with Crippen molar-refractivity contribution in [3.63, 3.8) is 0 Å². The summed E-state index contributed by atoms with van der Waals surface area (Å²) in [5.41, 5.74) is 1.14. The fraction of sp³-hybridized carbons (Fsp3) is 0.375. The molecule has 0 saturated heterocycles. The highest BCUT2D eigenvalue weighted by Crippen LogP contribution is 2.25. The Morgan fingerprint density at radius 3 is 3.23 bits per heavy atom. The van der Waals surface area contributed by atoms with Crippen LogP contribution in [0.1, 0.15) is 17.8 Å². The van der Waals surface area contributed by atoms with Crippen molar-refractivity contribution in [3.05, 3.63) is 53.6 Å². The first-order valence-corrected chi connectivity index (χ1v) is 7.76. The Bertz CT molecular complexity index is 655. The Balaban J connectivity index is 1.56. The molecule has 5 nitrogen and oxygen atoms in total. The molecule has 0 fully saturated rings. The number of ether oxygens (including phenoxy) is 1. The van der Waals surface area contributed by atoms with Crippen LogP contribution in [0.4, 0.5) is 0 Å². The zero-order valence-electron chi connectivity index (χ0n) is 12.3. The Labute approximate surface area is 135 Å². The van der Waals surface area contributed by atoms with E-state index in [1.54, 1.807) is 12.4 Å². The molecule has 116 valence electrons. The van der Waals surface area contributed by atoms with Crippen LogP contribution >= 0.6 is 11.6 Å². The molecule has 22 heavy (non-hydrogen) atoms. The molecule has 0 aliphatic carbocycles. The SMILES string of the molecule is C=CCOc1ccc(CN[C@H]2CCc3ncnn3C2)cc1Cl. The fourth-order valence-corrected chi connectivity index (χ4v) is 2.84. The van der Waals surface area contributed by atoms with Gasteiger partial charge in [0.05, 0.1) is 11.6 Å². The molecule has 6 heteroatoms. The van der Waals surface area contributed by atoms with Crippen molar-refractivity contribution in [1.29, 1.82) is 0 Å². The van der Waals surface area contributed by atoms with Gasteiger partial charge in [0.1, 0.15) is 24.5 Å². The first-order valence-electron chi connectivity index (χ1n) is 7.38. The standard InChI is InChI=1S/C16H19ClN4O/c1-2-7-22-15-5-3-12(8-14(15)17)9-18-13-4-6-16-19-11-20-21(16)10-13/h2-3,5,8,11,13,18H,1,4,6-7,9-10H2/t13-/m0/s1. The summed E-state index contributed by atoms with van der Waals surface area (Å²) in [4.78, 5) is 4.24. The highest BCUT2D eigenvalue weighted by Gasteiger charge is 2.19. The molecular formula is C16H19ClN4O. The molecule has 0 amide bonds. The van der Waals surface area contributed by atoms with E-state index in [0.717, 1.165) is 37.3 Å². The third-order valence-corrected chi connectivity index (χ3v) is 4.05. The number of fused-ring (bicyclic) bond motifs is 1. The number of halogens is 1. The molecule has 0 saturated carbocycles. The summed E-state index contributed by atoms with van der Waals surface area (Å²) < 4.78 is 7.45. The fourth-order valence-electron chi connectivity index (χ4n) is 2.59. The lowest BCUT2D eigenvalue weighted by Gasteiger charge is -2.23. The van der Waals surface area contributed by atoms with E-state index < -0.39 is 0 Å². The number of hydrogen-bond acceptors (Lipinski definition) is 4. The van der Waals surface area contributed by atoms with Crippen molar-refractivity contribution in [2.24, 2.45) is 0 Å². The van der Waals surface area contributed by atoms with E-state index in [9.17, 15) is 0 Å². The average Bonchev–Trinajstić information content (AvgIpc) is 2.99. The largest absolute Gasteiger partial charge is 0.488 e. The van der Waals surface area contributed by atoms with Gasteiger partial charge >= 0.3 is 0 Å². The molecule has 0 radical (unpaired) electrons. The Morgan fingerprint density at radius 2 is 2.41 bits per heavy atom. The number of aryl methyl sites for hydroxylation is 1. The highest BCUT2D eigenvalue weighted by molar-refractivity contribution is 6.32. The second kappa shape index (κ2) is 6.94. The van der Waals surface area contributed by atoms with E-state index in [0.29, 0.717) is 23.4 Å². The van der Waals surface area contributed by atoms with Crippen molar-refractivity contribution in [2.75, 3.05) is 6.61 Å². The van der Waals surface area contributed by atoms with Crippen LogP contribution < -0.4 is 10.1 Å². The van der Waals surface area contributed by atoms with Gasteiger partial charge in [-0.1, -0.05) is 30.3 Å². The van der Waals surface area contributed by atoms with Gasteiger partial charge in [0.2, 0.25) is 0 Å². The van der Waals surface area contributed by atoms with E-state index in [1.165, 1.54) is 0 Å². The minimum Gasteiger partial charge on any atom is -0.488 e. The quantitative estimate of drug-likeness (QED) is 0.832. The monoisotopic (exact) mass is 318 g/mol. The van der Waals surface area contributed by atoms with Crippen LogP contribution in [0.3, 0.4) is 0 Å². The van der Waals surface area contributed by atoms with Crippen molar-refractivity contribution in [2.45, 2.75) is 32.0 Å². The molecule has 1 aromatic carbocycles. The van der Waals surface area contributed by atoms with Crippen LogP contribution in [0, 0.1) is 0 Å². The Hall–Kier alpha value is -1.85. The lowest BCUT2D eigenvalue weighted by Crippen LogP contribution is -2.37. The van der Waals surface area contributed by atoms with E-state index in [1.807, 2.05) is 22.9 Å². The predicted octanol–water partition coefficient (Wildman–Crippen LogP) is 2.60. The van der Waals surface area contributed by atoms with Gasteiger partial charge in [-0.25, -0.2) is 9.67 Å². The van der Waals surface area contributed by atoms with Crippen molar-refractivity contribution < 1.29 is 4.74 Å². The third kappa shape index (κ3) is 3.48. The maximum atomic E-state index is 6.23. The van der Waals surface area contributed by atoms with Crippen LogP contribution in [0.15, 0.2) is 37.2 Å². The lowest BCUT2D eigenvalue weighted by molar-refractivity contribution is 0.357. The van der Waals surface area contributed by atoms with Gasteiger partial charge in [0.25, 0.3) is 0 Å². The predicted molar refractivity (Wildman–Crippen MR) is 86.1 cm³/mol. The summed E-state index contributed by atoms with van der Waals surface area (Å²) in [6, 6.07) is 6.28. The van der Waals surface area contributed by atoms with Gasteiger partial charge < -0.3 is 10.1 Å². The molecule has 0 spiro atoms. The van der Waals surface area contributed by atoms with Crippen LogP contribution in [-0.4, -0.2) is 27.4 Å². The van der Waals surface area contributed by atoms with Crippen LogP contribution in [-0.2, 0) is 19.5 Å². The molecule has 1 aliphatic heterocycles. The summed E-state index contributed by atoms with van der Waals surface area (Å²) in [5, 5.41) is 8.42. The van der Waals surface area contributed by atoms with Gasteiger partial charge in [-0.05, 0) is 24.1 Å². The number of aromatic nitrogens is 3. The maximum absolute atomic E-state index is 6.23. The van der Waals surface area contributed by atoms with Gasteiger partial charge in [-0.3, -0.25) is 0 Å². The number of nitrogens with one attached hydrogen (secondary N) is 1. The maximum Gasteiger partial charge on any atom is 0.138 e. The van der Waals surface area contributed by atoms with E-state index in [4.69, 9.17) is 16.3 Å². The summed E-state index contributed by atoms with van der Waals surface area (Å²) >= 11 is 6.23. The zero-order valence-corrected chi connectivity index (χ0v) is 13.1. The topological polar surface area (TPSA) is 52.0 Å². The van der Waals surface area contributed by atoms with E-state index in [2.05, 4.69) is 22.0 Å². The summed E-state index contributed by atoms with van der Waals surface area (Å²) in [6.07, 6.45) is 5.37. The van der Waals surface area contributed by atoms with E-state index in [-0.39, 0.29) is 0 Å². The van der Waals surface area contributed by atoms with Crippen LogP contribution in [0.5, 0.6) is 5.75 Å². The Morgan fingerprint density at radius 1 is 1.50 bits per heavy atom. The number of rotatable bonds is 6. The van der Waals surface area contributed by atoms with Crippen molar-refractivity contribution >= 4 is 11.6 Å². The average molecular weight is 319 g/mol. The lowest BCUT2D eigenvalue weighted by atomic mass is 10.1. The molecule has 1 N–H and O–H groups in total. The van der Waals surface area contributed by atoms with Gasteiger partial charge in [0.15, 0.2) is 0 Å². The zero-order chi connectivity index (χ0) is 15.4. The molecule has 2 heterocycles. The molecule has 2 aromatic rings. The van der Waals surface area contributed by atoms with Crippen LogP contribution in [0.2, 0.25) is 5.02 Å². The number of hydrogen-bond donors (Lipinski definition) is 1. The summed E-state index contributed by atoms with van der Waals surface area (Å²) in [7, 11) is 0. The van der Waals surface area contributed by atoms with Crippen LogP contribution in [0.25, 0.3) is 0 Å². The van der Waals surface area contributed by atoms with Gasteiger partial charge in [-0.15, -0.1) is 0 Å². The number of benzene rings is 1. The Kier molecular flexibility index (Phi) is 4.75. The normalized spacial score (nSPS) is 17.0. The molecule has 1 aliphatic rings. The molecule has 3 rings (SSSR count). The van der Waals surface area contributed by atoms with Crippen molar-refractivity contribution in [1.82, 2.24) is 20.1 Å². The molecule has 0 unspecified atom stereocenters. The van der Waals surface area contributed by atoms with E-state index >= 15 is 0 Å². The highest BCUT2D eigenvalue weighted by atomic mass is 35.5. The van der Waals surface area contributed by atoms with Gasteiger partial charge in [-0.2, -0.15) is 5.10 Å². The third-order valence-electron chi connectivity index (χ3n) is 3.75. The second-order valence-electron chi connectivity index (χ2n) is 5.34.